The van der Waals surface area contributed by atoms with E-state index >= 15 is 0 Å². The van der Waals surface area contributed by atoms with Gasteiger partial charge in [-0.1, -0.05) is 35.9 Å². The van der Waals surface area contributed by atoms with Gasteiger partial charge in [0.1, 0.15) is 0 Å². The van der Waals surface area contributed by atoms with Gasteiger partial charge in [0.25, 0.3) is 0 Å². The third-order valence-corrected chi connectivity index (χ3v) is 6.06. The summed E-state index contributed by atoms with van der Waals surface area (Å²) in [6.07, 6.45) is 2.58. The van der Waals surface area contributed by atoms with Gasteiger partial charge in [0, 0.05) is 5.31 Å². The van der Waals surface area contributed by atoms with Crippen LogP contribution in [0.25, 0.3) is 0 Å². The average molecular weight is 324 g/mol. The number of allylic oxidation sites excluding steroid dienone is 1. The molecule has 0 spiro atoms. The van der Waals surface area contributed by atoms with Crippen molar-refractivity contribution in [3.63, 3.8) is 0 Å². The van der Waals surface area contributed by atoms with E-state index in [0.29, 0.717) is 26.4 Å². The normalized spacial score (nSPS) is 15.0. The average Bonchev–Trinajstić information content (AvgIpc) is 2.47. The van der Waals surface area contributed by atoms with Crippen LogP contribution in [-0.4, -0.2) is 19.8 Å². The largest absolute Gasteiger partial charge is 0.376 e. The molecular weight excluding hydrogens is 299 g/mol. The summed E-state index contributed by atoms with van der Waals surface area (Å²) in [5, 5.41) is 0.875. The van der Waals surface area contributed by atoms with Crippen molar-refractivity contribution >= 4 is 7.60 Å². The summed E-state index contributed by atoms with van der Waals surface area (Å²) in [4.78, 5) is 0. The Hall–Kier alpha value is -0.930. The standard InChI is InChI=1S/C17H25O4P/c1-3-20-22(18,21-4-2)17-11-10-16(17)12-13-19-14-15-8-6-5-7-9-15/h5-9H,3-4,10-14H2,1-2H3. The molecule has 0 fully saturated rings. The topological polar surface area (TPSA) is 44.8 Å². The first-order valence-electron chi connectivity index (χ1n) is 7.92. The lowest BCUT2D eigenvalue weighted by Gasteiger charge is -2.29. The van der Waals surface area contributed by atoms with Crippen LogP contribution in [0.2, 0.25) is 0 Å². The Morgan fingerprint density at radius 3 is 2.27 bits per heavy atom. The zero-order chi connectivity index (χ0) is 15.8. The number of ether oxygens (including phenoxy) is 1. The predicted octanol–water partition coefficient (Wildman–Crippen LogP) is 4.91. The van der Waals surface area contributed by atoms with Crippen LogP contribution in [0.15, 0.2) is 41.2 Å². The fourth-order valence-electron chi connectivity index (χ4n) is 2.51. The molecule has 0 atom stereocenters. The number of benzene rings is 1. The Balaban J connectivity index is 1.85. The lowest BCUT2D eigenvalue weighted by molar-refractivity contribution is 0.122. The second kappa shape index (κ2) is 8.64. The van der Waals surface area contributed by atoms with E-state index in [1.807, 2.05) is 44.2 Å². The molecule has 1 aliphatic rings. The van der Waals surface area contributed by atoms with Gasteiger partial charge < -0.3 is 13.8 Å². The molecular formula is C17H25O4P. The van der Waals surface area contributed by atoms with E-state index in [1.54, 1.807) is 0 Å². The Morgan fingerprint density at radius 2 is 1.73 bits per heavy atom. The van der Waals surface area contributed by atoms with Crippen LogP contribution >= 0.6 is 7.60 Å². The maximum absolute atomic E-state index is 12.7. The van der Waals surface area contributed by atoms with Crippen LogP contribution < -0.4 is 0 Å². The van der Waals surface area contributed by atoms with Gasteiger partial charge in [0.2, 0.25) is 0 Å². The molecule has 0 heterocycles. The first kappa shape index (κ1) is 17.4. The van der Waals surface area contributed by atoms with Gasteiger partial charge in [-0.25, -0.2) is 0 Å². The smallest absolute Gasteiger partial charge is 0.357 e. The van der Waals surface area contributed by atoms with E-state index in [2.05, 4.69) is 0 Å². The van der Waals surface area contributed by atoms with E-state index in [0.717, 1.165) is 24.6 Å². The van der Waals surface area contributed by atoms with Gasteiger partial charge in [-0.3, -0.25) is 4.57 Å². The first-order valence-corrected chi connectivity index (χ1v) is 9.46. The molecule has 1 aromatic carbocycles. The lowest BCUT2D eigenvalue weighted by Crippen LogP contribution is -2.11. The summed E-state index contributed by atoms with van der Waals surface area (Å²) in [6.45, 7) is 5.72. The van der Waals surface area contributed by atoms with E-state index in [-0.39, 0.29) is 0 Å². The van der Waals surface area contributed by atoms with Crippen LogP contribution in [0.5, 0.6) is 0 Å². The van der Waals surface area contributed by atoms with E-state index < -0.39 is 7.60 Å². The molecule has 2 rings (SSSR count). The zero-order valence-corrected chi connectivity index (χ0v) is 14.3. The Morgan fingerprint density at radius 1 is 1.05 bits per heavy atom. The highest BCUT2D eigenvalue weighted by molar-refractivity contribution is 7.58. The highest BCUT2D eigenvalue weighted by atomic mass is 31.2. The molecule has 0 aliphatic heterocycles. The molecule has 0 radical (unpaired) electrons. The van der Waals surface area contributed by atoms with Crippen molar-refractivity contribution < 1.29 is 18.3 Å². The zero-order valence-electron chi connectivity index (χ0n) is 13.4. The van der Waals surface area contributed by atoms with Gasteiger partial charge in [0.05, 0.1) is 26.4 Å². The van der Waals surface area contributed by atoms with E-state index in [4.69, 9.17) is 13.8 Å². The molecule has 1 aliphatic carbocycles. The molecule has 1 aromatic rings. The van der Waals surface area contributed by atoms with Gasteiger partial charge in [0.15, 0.2) is 0 Å². The SMILES string of the molecule is CCOP(=O)(OCC)C1=C(CCOCc2ccccc2)CC1. The quantitative estimate of drug-likeness (QED) is 0.453. The third-order valence-electron chi connectivity index (χ3n) is 3.66. The number of hydrogen-bond acceptors (Lipinski definition) is 4. The maximum Gasteiger partial charge on any atom is 0.357 e. The van der Waals surface area contributed by atoms with Gasteiger partial charge in [-0.05, 0) is 38.7 Å². The van der Waals surface area contributed by atoms with Gasteiger partial charge in [-0.2, -0.15) is 0 Å². The molecule has 0 unspecified atom stereocenters. The molecule has 0 aromatic heterocycles. The van der Waals surface area contributed by atoms with Crippen LogP contribution in [0.4, 0.5) is 0 Å². The van der Waals surface area contributed by atoms with E-state index in [1.165, 1.54) is 11.1 Å². The minimum atomic E-state index is -3.06. The van der Waals surface area contributed by atoms with Crippen LogP contribution in [0.1, 0.15) is 38.7 Å². The molecule has 0 N–H and O–H groups in total. The minimum Gasteiger partial charge on any atom is -0.376 e. The Kier molecular flexibility index (Phi) is 6.84. The van der Waals surface area contributed by atoms with Crippen LogP contribution in [-0.2, 0) is 25.0 Å². The Labute approximate surface area is 133 Å². The summed E-state index contributed by atoms with van der Waals surface area (Å²) in [7, 11) is -3.06. The fraction of sp³-hybridized carbons (Fsp3) is 0.529. The van der Waals surface area contributed by atoms with Crippen molar-refractivity contribution in [2.45, 2.75) is 39.7 Å². The molecule has 122 valence electrons. The van der Waals surface area contributed by atoms with Crippen LogP contribution in [0.3, 0.4) is 0 Å². The first-order chi connectivity index (χ1) is 10.7. The monoisotopic (exact) mass is 324 g/mol. The lowest BCUT2D eigenvalue weighted by atomic mass is 9.96. The Bertz CT molecular complexity index is 529. The highest BCUT2D eigenvalue weighted by Crippen LogP contribution is 2.63. The van der Waals surface area contributed by atoms with Gasteiger partial charge in [-0.15, -0.1) is 0 Å². The van der Waals surface area contributed by atoms with Crippen molar-refractivity contribution in [3.05, 3.63) is 46.8 Å². The molecule has 0 saturated heterocycles. The molecule has 5 heteroatoms. The summed E-state index contributed by atoms with van der Waals surface area (Å²) >= 11 is 0. The van der Waals surface area contributed by atoms with E-state index in [9.17, 15) is 4.57 Å². The summed E-state index contributed by atoms with van der Waals surface area (Å²) in [5.41, 5.74) is 2.35. The predicted molar refractivity (Wildman–Crippen MR) is 87.8 cm³/mol. The summed E-state index contributed by atoms with van der Waals surface area (Å²) in [5.74, 6) is 0. The second-order valence-corrected chi connectivity index (χ2v) is 7.22. The molecule has 4 nitrogen and oxygen atoms in total. The molecule has 0 amide bonds. The molecule has 0 bridgehead atoms. The second-order valence-electron chi connectivity index (χ2n) is 5.17. The molecule has 22 heavy (non-hydrogen) atoms. The summed E-state index contributed by atoms with van der Waals surface area (Å²) < 4.78 is 29.2. The van der Waals surface area contributed by atoms with Gasteiger partial charge >= 0.3 is 7.60 Å². The number of rotatable bonds is 10. The fourth-order valence-corrected chi connectivity index (χ4v) is 4.57. The summed E-state index contributed by atoms with van der Waals surface area (Å²) in [6, 6.07) is 10.1. The van der Waals surface area contributed by atoms with Crippen molar-refractivity contribution in [2.75, 3.05) is 19.8 Å². The molecule has 0 saturated carbocycles. The number of hydrogen-bond donors (Lipinski definition) is 0. The van der Waals surface area contributed by atoms with Crippen molar-refractivity contribution in [1.82, 2.24) is 0 Å². The third kappa shape index (κ3) is 4.53. The minimum absolute atomic E-state index is 0.401. The maximum atomic E-state index is 12.7. The van der Waals surface area contributed by atoms with Crippen molar-refractivity contribution in [1.29, 1.82) is 0 Å². The highest BCUT2D eigenvalue weighted by Gasteiger charge is 2.36. The van der Waals surface area contributed by atoms with Crippen molar-refractivity contribution in [2.24, 2.45) is 0 Å². The van der Waals surface area contributed by atoms with Crippen molar-refractivity contribution in [3.8, 4) is 0 Å². The van der Waals surface area contributed by atoms with Crippen LogP contribution in [0, 0.1) is 0 Å².